The molecule has 4 aromatic rings. The van der Waals surface area contributed by atoms with Crippen molar-refractivity contribution in [3.63, 3.8) is 0 Å². The molecule has 5 rings (SSSR count). The average molecular weight is 398 g/mol. The zero-order valence-corrected chi connectivity index (χ0v) is 16.6. The number of fused-ring (bicyclic) bond motifs is 2. The van der Waals surface area contributed by atoms with Crippen LogP contribution in [0, 0.1) is 0 Å². The van der Waals surface area contributed by atoms with E-state index in [1.165, 1.54) is 0 Å². The smallest absolute Gasteiger partial charge is 0.255 e. The summed E-state index contributed by atoms with van der Waals surface area (Å²) in [6.45, 7) is 0.183. The minimum atomic E-state index is -0.279. The average Bonchev–Trinajstić information content (AvgIpc) is 3.30. The van der Waals surface area contributed by atoms with Crippen LogP contribution >= 0.6 is 0 Å². The highest BCUT2D eigenvalue weighted by Gasteiger charge is 2.39. The Morgan fingerprint density at radius 3 is 2.67 bits per heavy atom. The monoisotopic (exact) mass is 398 g/mol. The number of nitrogens with zero attached hydrogens (tertiary/aromatic N) is 1. The molecule has 2 N–H and O–H groups in total. The number of rotatable bonds is 5. The minimum Gasteiger partial charge on any atom is -0.497 e. The maximum absolute atomic E-state index is 13.2. The molecule has 1 aliphatic rings. The molecule has 30 heavy (non-hydrogen) atoms. The molecular weight excluding hydrogens is 376 g/mol. The first-order valence-corrected chi connectivity index (χ1v) is 9.98. The number of H-pyrrole nitrogens is 1. The van der Waals surface area contributed by atoms with Crippen molar-refractivity contribution in [1.29, 1.82) is 0 Å². The second-order valence-electron chi connectivity index (χ2n) is 7.40. The number of carbonyl (C=O) groups excluding carboxylic acids is 1. The van der Waals surface area contributed by atoms with E-state index in [0.717, 1.165) is 39.0 Å². The van der Waals surface area contributed by atoms with Crippen LogP contribution < -0.4 is 4.74 Å². The standard InChI is InChI=1S/C25H22N2O3/c1-30-17-8-6-7-16(15-17)23-22(20-11-4-5-12-21(20)26-23)24-18-9-2-3-10-19(18)25(29)27(24)13-14-28/h2-12,15,24,26,28H,13-14H2,1H3/t24-/m1/s1. The second kappa shape index (κ2) is 7.35. The Bertz CT molecular complexity index is 1240. The van der Waals surface area contributed by atoms with Crippen LogP contribution in [0.5, 0.6) is 5.75 Å². The third-order valence-corrected chi connectivity index (χ3v) is 5.78. The number of amides is 1. The van der Waals surface area contributed by atoms with Crippen LogP contribution in [0.4, 0.5) is 0 Å². The Kier molecular flexibility index (Phi) is 4.52. The quantitative estimate of drug-likeness (QED) is 0.524. The first-order valence-electron chi connectivity index (χ1n) is 9.98. The van der Waals surface area contributed by atoms with E-state index in [2.05, 4.69) is 11.1 Å². The molecule has 0 radical (unpaired) electrons. The number of para-hydroxylation sites is 1. The number of hydrogen-bond acceptors (Lipinski definition) is 3. The summed E-state index contributed by atoms with van der Waals surface area (Å²) < 4.78 is 5.44. The largest absolute Gasteiger partial charge is 0.497 e. The normalized spacial score (nSPS) is 15.6. The van der Waals surface area contributed by atoms with E-state index in [4.69, 9.17) is 4.74 Å². The first-order chi connectivity index (χ1) is 14.7. The molecule has 150 valence electrons. The molecule has 1 atom stereocenters. The van der Waals surface area contributed by atoms with Gasteiger partial charge in [-0.05, 0) is 29.8 Å². The van der Waals surface area contributed by atoms with Gasteiger partial charge >= 0.3 is 0 Å². The van der Waals surface area contributed by atoms with Crippen molar-refractivity contribution in [2.45, 2.75) is 6.04 Å². The Hall–Kier alpha value is -3.57. The molecule has 0 saturated heterocycles. The van der Waals surface area contributed by atoms with Crippen molar-refractivity contribution >= 4 is 16.8 Å². The summed E-state index contributed by atoms with van der Waals surface area (Å²) in [5.74, 6) is 0.721. The molecule has 0 saturated carbocycles. The topological polar surface area (TPSA) is 65.6 Å². The molecule has 2 heterocycles. The van der Waals surface area contributed by atoms with Gasteiger partial charge in [-0.2, -0.15) is 0 Å². The SMILES string of the molecule is COc1cccc(-c2[nH]c3ccccc3c2[C@H]2c3ccccc3C(=O)N2CCO)c1. The molecule has 0 unspecified atom stereocenters. The van der Waals surface area contributed by atoms with Crippen LogP contribution in [-0.2, 0) is 0 Å². The fraction of sp³-hybridized carbons (Fsp3) is 0.160. The van der Waals surface area contributed by atoms with Gasteiger partial charge in [0.15, 0.2) is 0 Å². The van der Waals surface area contributed by atoms with Gasteiger partial charge in [0.25, 0.3) is 5.91 Å². The van der Waals surface area contributed by atoms with E-state index in [1.807, 2.05) is 66.7 Å². The third kappa shape index (κ3) is 2.78. The van der Waals surface area contributed by atoms with E-state index in [9.17, 15) is 9.90 Å². The number of benzene rings is 3. The number of hydrogen-bond donors (Lipinski definition) is 2. The summed E-state index contributed by atoms with van der Waals surface area (Å²) in [5, 5.41) is 10.8. The van der Waals surface area contributed by atoms with Gasteiger partial charge in [-0.25, -0.2) is 0 Å². The second-order valence-corrected chi connectivity index (χ2v) is 7.40. The number of β-amino-alcohol motifs (C(OH)–C–C–N with tert-alkyl or cyclic N) is 1. The fourth-order valence-electron chi connectivity index (χ4n) is 4.47. The molecule has 5 nitrogen and oxygen atoms in total. The summed E-state index contributed by atoms with van der Waals surface area (Å²) in [7, 11) is 1.65. The molecule has 0 fully saturated rings. The molecule has 3 aromatic carbocycles. The lowest BCUT2D eigenvalue weighted by Crippen LogP contribution is -2.31. The van der Waals surface area contributed by atoms with Crippen molar-refractivity contribution in [3.05, 3.63) is 89.5 Å². The van der Waals surface area contributed by atoms with E-state index in [0.29, 0.717) is 5.56 Å². The number of ether oxygens (including phenoxy) is 1. The number of aliphatic hydroxyl groups excluding tert-OH is 1. The minimum absolute atomic E-state index is 0.0495. The highest BCUT2D eigenvalue weighted by Crippen LogP contribution is 2.45. The van der Waals surface area contributed by atoms with Crippen molar-refractivity contribution < 1.29 is 14.6 Å². The number of aromatic amines is 1. The summed E-state index contributed by atoms with van der Waals surface area (Å²) >= 11 is 0. The predicted molar refractivity (Wildman–Crippen MR) is 117 cm³/mol. The van der Waals surface area contributed by atoms with Crippen LogP contribution in [0.1, 0.15) is 27.5 Å². The molecule has 1 aromatic heterocycles. The summed E-state index contributed by atoms with van der Waals surface area (Å²) in [6, 6.07) is 23.5. The molecule has 0 bridgehead atoms. The number of methoxy groups -OCH3 is 1. The summed E-state index contributed by atoms with van der Waals surface area (Å²) in [5.41, 5.74) is 5.63. The highest BCUT2D eigenvalue weighted by atomic mass is 16.5. The Balaban J connectivity index is 1.80. The molecule has 1 amide bonds. The zero-order chi connectivity index (χ0) is 20.7. The number of aliphatic hydroxyl groups is 1. The van der Waals surface area contributed by atoms with Crippen LogP contribution in [0.2, 0.25) is 0 Å². The molecule has 5 heteroatoms. The molecular formula is C25H22N2O3. The molecule has 0 aliphatic carbocycles. The van der Waals surface area contributed by atoms with Crippen molar-refractivity contribution in [3.8, 4) is 17.0 Å². The van der Waals surface area contributed by atoms with Gasteiger partial charge < -0.3 is 19.7 Å². The Labute approximate surface area is 174 Å². The molecule has 1 aliphatic heterocycles. The lowest BCUT2D eigenvalue weighted by Gasteiger charge is -2.26. The Morgan fingerprint density at radius 2 is 1.83 bits per heavy atom. The molecule has 0 spiro atoms. The number of nitrogens with one attached hydrogen (secondary N) is 1. The Morgan fingerprint density at radius 1 is 1.03 bits per heavy atom. The lowest BCUT2D eigenvalue weighted by molar-refractivity contribution is 0.0713. The number of carbonyl (C=O) groups is 1. The highest BCUT2D eigenvalue weighted by molar-refractivity contribution is 6.02. The maximum Gasteiger partial charge on any atom is 0.255 e. The van der Waals surface area contributed by atoms with Gasteiger partial charge in [-0.15, -0.1) is 0 Å². The third-order valence-electron chi connectivity index (χ3n) is 5.78. The fourth-order valence-corrected chi connectivity index (χ4v) is 4.47. The van der Waals surface area contributed by atoms with Gasteiger partial charge in [-0.1, -0.05) is 48.5 Å². The number of aromatic nitrogens is 1. The summed E-state index contributed by atoms with van der Waals surface area (Å²) in [4.78, 5) is 18.5. The van der Waals surface area contributed by atoms with Gasteiger partial charge in [0.2, 0.25) is 0 Å². The lowest BCUT2D eigenvalue weighted by atomic mass is 9.93. The zero-order valence-electron chi connectivity index (χ0n) is 16.6. The van der Waals surface area contributed by atoms with Crippen molar-refractivity contribution in [2.75, 3.05) is 20.3 Å². The van der Waals surface area contributed by atoms with Gasteiger partial charge in [0.05, 0.1) is 25.5 Å². The van der Waals surface area contributed by atoms with Gasteiger partial charge in [-0.3, -0.25) is 4.79 Å². The van der Waals surface area contributed by atoms with E-state index < -0.39 is 0 Å². The first kappa shape index (κ1) is 18.5. The summed E-state index contributed by atoms with van der Waals surface area (Å²) in [6.07, 6.45) is 0. The van der Waals surface area contributed by atoms with E-state index in [-0.39, 0.29) is 25.1 Å². The van der Waals surface area contributed by atoms with Crippen LogP contribution in [0.25, 0.3) is 22.2 Å². The van der Waals surface area contributed by atoms with Crippen LogP contribution in [0.3, 0.4) is 0 Å². The predicted octanol–water partition coefficient (Wildman–Crippen LogP) is 4.38. The van der Waals surface area contributed by atoms with E-state index >= 15 is 0 Å². The maximum atomic E-state index is 13.2. The van der Waals surface area contributed by atoms with E-state index in [1.54, 1.807) is 12.0 Å². The van der Waals surface area contributed by atoms with Crippen molar-refractivity contribution in [1.82, 2.24) is 9.88 Å². The van der Waals surface area contributed by atoms with Crippen molar-refractivity contribution in [2.24, 2.45) is 0 Å². The van der Waals surface area contributed by atoms with Crippen LogP contribution in [0.15, 0.2) is 72.8 Å². The van der Waals surface area contributed by atoms with Crippen LogP contribution in [-0.4, -0.2) is 41.2 Å². The van der Waals surface area contributed by atoms with Gasteiger partial charge in [0, 0.05) is 34.1 Å². The van der Waals surface area contributed by atoms with Gasteiger partial charge in [0.1, 0.15) is 5.75 Å².